The van der Waals surface area contributed by atoms with Crippen molar-refractivity contribution >= 4 is 46.3 Å². The first-order chi connectivity index (χ1) is 12.0. The zero-order chi connectivity index (χ0) is 18.1. The number of aliphatic imine (C=N–C) groups is 1. The number of nitrogens with one attached hydrogen (secondary N) is 2. The van der Waals surface area contributed by atoms with E-state index in [1.54, 1.807) is 18.4 Å². The number of ether oxygens (including phenoxy) is 1. The first-order valence-electron chi connectivity index (χ1n) is 8.38. The van der Waals surface area contributed by atoms with Gasteiger partial charge in [-0.25, -0.2) is 0 Å². The molecular formula is C16H26F3IN4OS. The maximum atomic E-state index is 12.0. The Balaban J connectivity index is 0.00000338. The second-order valence-corrected chi connectivity index (χ2v) is 6.80. The molecule has 1 aromatic heterocycles. The van der Waals surface area contributed by atoms with E-state index in [0.29, 0.717) is 25.0 Å². The van der Waals surface area contributed by atoms with Crippen molar-refractivity contribution in [1.82, 2.24) is 10.6 Å². The number of guanidine groups is 1. The van der Waals surface area contributed by atoms with Crippen LogP contribution in [-0.4, -0.2) is 58.1 Å². The minimum atomic E-state index is -4.26. The standard InChI is InChI=1S/C16H25F3N4OS.HI/c1-20-15(21-7-3-10-24-12-16(17,18)19)22-13-5-8-23(9-6-13)14-4-2-11-25-14;/h2,4,11,13H,3,5-10,12H2,1H3,(H2,20,21,22);1H. The van der Waals surface area contributed by atoms with Gasteiger partial charge in [-0.1, -0.05) is 0 Å². The summed E-state index contributed by atoms with van der Waals surface area (Å²) in [6.07, 6.45) is -1.73. The zero-order valence-corrected chi connectivity index (χ0v) is 17.9. The van der Waals surface area contributed by atoms with Crippen LogP contribution in [0.4, 0.5) is 18.2 Å². The number of halogens is 4. The monoisotopic (exact) mass is 506 g/mol. The van der Waals surface area contributed by atoms with E-state index in [1.807, 2.05) is 0 Å². The van der Waals surface area contributed by atoms with E-state index in [9.17, 15) is 13.2 Å². The molecule has 2 rings (SSSR count). The first-order valence-corrected chi connectivity index (χ1v) is 9.26. The van der Waals surface area contributed by atoms with Gasteiger partial charge in [-0.05, 0) is 36.8 Å². The Kier molecular flexibility index (Phi) is 10.6. The molecule has 1 saturated heterocycles. The number of rotatable bonds is 7. The zero-order valence-electron chi connectivity index (χ0n) is 14.7. The number of hydrogen-bond donors (Lipinski definition) is 2. The Hall–Kier alpha value is -0.750. The number of thiophene rings is 1. The highest BCUT2D eigenvalue weighted by atomic mass is 127. The van der Waals surface area contributed by atoms with Gasteiger partial charge in [0.2, 0.25) is 0 Å². The molecule has 2 heterocycles. The van der Waals surface area contributed by atoms with Crippen LogP contribution in [0.1, 0.15) is 19.3 Å². The van der Waals surface area contributed by atoms with Crippen LogP contribution in [0.5, 0.6) is 0 Å². The molecule has 0 amide bonds. The lowest BCUT2D eigenvalue weighted by Gasteiger charge is -2.33. The van der Waals surface area contributed by atoms with Crippen LogP contribution in [0.15, 0.2) is 22.5 Å². The number of alkyl halides is 3. The molecule has 10 heteroatoms. The minimum Gasteiger partial charge on any atom is -0.372 e. The summed E-state index contributed by atoms with van der Waals surface area (Å²) >= 11 is 1.76. The molecule has 1 aliphatic heterocycles. The van der Waals surface area contributed by atoms with Gasteiger partial charge in [0.25, 0.3) is 0 Å². The number of piperidine rings is 1. The molecule has 1 aromatic rings. The summed E-state index contributed by atoms with van der Waals surface area (Å²) in [5.74, 6) is 0.686. The third kappa shape index (κ3) is 8.76. The van der Waals surface area contributed by atoms with Crippen LogP contribution < -0.4 is 15.5 Å². The van der Waals surface area contributed by atoms with E-state index in [2.05, 4.69) is 42.8 Å². The number of anilines is 1. The number of hydrogen-bond acceptors (Lipinski definition) is 4. The van der Waals surface area contributed by atoms with Crippen molar-refractivity contribution in [3.63, 3.8) is 0 Å². The van der Waals surface area contributed by atoms with Gasteiger partial charge < -0.3 is 20.3 Å². The van der Waals surface area contributed by atoms with Gasteiger partial charge in [-0.3, -0.25) is 4.99 Å². The summed E-state index contributed by atoms with van der Waals surface area (Å²) < 4.78 is 40.4. The Bertz CT molecular complexity index is 520. The van der Waals surface area contributed by atoms with Crippen molar-refractivity contribution in [2.45, 2.75) is 31.5 Å². The fourth-order valence-electron chi connectivity index (χ4n) is 2.65. The summed E-state index contributed by atoms with van der Waals surface area (Å²) in [4.78, 5) is 6.56. The lowest BCUT2D eigenvalue weighted by atomic mass is 10.1. The highest BCUT2D eigenvalue weighted by Crippen LogP contribution is 2.24. The Morgan fingerprint density at radius 2 is 2.12 bits per heavy atom. The second kappa shape index (κ2) is 11.9. The predicted octanol–water partition coefficient (Wildman–Crippen LogP) is 3.47. The third-order valence-corrected chi connectivity index (χ3v) is 4.83. The fourth-order valence-corrected chi connectivity index (χ4v) is 3.44. The third-order valence-electron chi connectivity index (χ3n) is 3.90. The highest BCUT2D eigenvalue weighted by Gasteiger charge is 2.27. The average Bonchev–Trinajstić information content (AvgIpc) is 3.11. The van der Waals surface area contributed by atoms with E-state index >= 15 is 0 Å². The van der Waals surface area contributed by atoms with Crippen molar-refractivity contribution in [1.29, 1.82) is 0 Å². The van der Waals surface area contributed by atoms with Crippen LogP contribution in [0.2, 0.25) is 0 Å². The Labute approximate surface area is 173 Å². The van der Waals surface area contributed by atoms with Gasteiger partial charge in [-0.15, -0.1) is 35.3 Å². The number of nitrogens with zero attached hydrogens (tertiary/aromatic N) is 2. The molecule has 1 fully saturated rings. The largest absolute Gasteiger partial charge is 0.411 e. The van der Waals surface area contributed by atoms with Gasteiger partial charge in [0.1, 0.15) is 6.61 Å². The molecule has 0 aromatic carbocycles. The van der Waals surface area contributed by atoms with Gasteiger partial charge in [0, 0.05) is 39.3 Å². The van der Waals surface area contributed by atoms with E-state index in [4.69, 9.17) is 0 Å². The smallest absolute Gasteiger partial charge is 0.372 e. The van der Waals surface area contributed by atoms with Crippen LogP contribution >= 0.6 is 35.3 Å². The van der Waals surface area contributed by atoms with Crippen LogP contribution in [0, 0.1) is 0 Å². The lowest BCUT2D eigenvalue weighted by molar-refractivity contribution is -0.173. The van der Waals surface area contributed by atoms with Gasteiger partial charge in [0.05, 0.1) is 5.00 Å². The Morgan fingerprint density at radius 1 is 1.38 bits per heavy atom. The van der Waals surface area contributed by atoms with Crippen molar-refractivity contribution in [2.75, 3.05) is 44.8 Å². The maximum absolute atomic E-state index is 12.0. The molecule has 2 N–H and O–H groups in total. The normalized spacial score (nSPS) is 16.3. The summed E-state index contributed by atoms with van der Waals surface area (Å²) in [5, 5.41) is 9.89. The average molecular weight is 506 g/mol. The van der Waals surface area contributed by atoms with Gasteiger partial charge in [0.15, 0.2) is 5.96 Å². The molecule has 0 aliphatic carbocycles. The molecule has 0 atom stereocenters. The van der Waals surface area contributed by atoms with E-state index < -0.39 is 12.8 Å². The van der Waals surface area contributed by atoms with Crippen molar-refractivity contribution in [3.8, 4) is 0 Å². The summed E-state index contributed by atoms with van der Waals surface area (Å²) in [7, 11) is 1.69. The first kappa shape index (κ1) is 23.3. The van der Waals surface area contributed by atoms with Crippen LogP contribution in [-0.2, 0) is 4.74 Å². The summed E-state index contributed by atoms with van der Waals surface area (Å²) in [6.45, 7) is 1.40. The van der Waals surface area contributed by atoms with Gasteiger partial charge >= 0.3 is 6.18 Å². The molecule has 26 heavy (non-hydrogen) atoms. The summed E-state index contributed by atoms with van der Waals surface area (Å²) in [6, 6.07) is 4.55. The van der Waals surface area contributed by atoms with E-state index in [0.717, 1.165) is 25.9 Å². The van der Waals surface area contributed by atoms with Crippen LogP contribution in [0.25, 0.3) is 0 Å². The minimum absolute atomic E-state index is 0. The SMILES string of the molecule is CN=C(NCCCOCC(F)(F)F)NC1CCN(c2cccs2)CC1.I. The fraction of sp³-hybridized carbons (Fsp3) is 0.688. The molecule has 150 valence electrons. The summed E-state index contributed by atoms with van der Waals surface area (Å²) in [5.41, 5.74) is 0. The van der Waals surface area contributed by atoms with Crippen molar-refractivity contribution < 1.29 is 17.9 Å². The molecule has 0 bridgehead atoms. The van der Waals surface area contributed by atoms with Crippen molar-refractivity contribution in [3.05, 3.63) is 17.5 Å². The molecule has 0 saturated carbocycles. The quantitative estimate of drug-likeness (QED) is 0.258. The van der Waals surface area contributed by atoms with Gasteiger partial charge in [-0.2, -0.15) is 13.2 Å². The molecule has 0 unspecified atom stereocenters. The highest BCUT2D eigenvalue weighted by molar-refractivity contribution is 14.0. The lowest BCUT2D eigenvalue weighted by Crippen LogP contribution is -2.48. The Morgan fingerprint density at radius 3 is 2.69 bits per heavy atom. The van der Waals surface area contributed by atoms with E-state index in [-0.39, 0.29) is 30.6 Å². The molecule has 1 aliphatic rings. The van der Waals surface area contributed by atoms with E-state index in [1.165, 1.54) is 5.00 Å². The molecule has 0 radical (unpaired) electrons. The van der Waals surface area contributed by atoms with Crippen LogP contribution in [0.3, 0.4) is 0 Å². The maximum Gasteiger partial charge on any atom is 0.411 e. The topological polar surface area (TPSA) is 48.9 Å². The predicted molar refractivity (Wildman–Crippen MR) is 111 cm³/mol. The van der Waals surface area contributed by atoms with Crippen molar-refractivity contribution in [2.24, 2.45) is 4.99 Å². The molecular weight excluding hydrogens is 480 g/mol. The second-order valence-electron chi connectivity index (χ2n) is 5.88. The molecule has 0 spiro atoms. The molecule has 5 nitrogen and oxygen atoms in total.